The summed E-state index contributed by atoms with van der Waals surface area (Å²) in [6.07, 6.45) is 3.07. The molecule has 1 aromatic carbocycles. The second-order valence-corrected chi connectivity index (χ2v) is 6.15. The average Bonchev–Trinajstić information content (AvgIpc) is 2.81. The molecule has 1 atom stereocenters. The third-order valence-electron chi connectivity index (χ3n) is 3.42. The molecular formula is C14H18ClN3O. The first-order valence-electron chi connectivity index (χ1n) is 6.14. The average molecular weight is 280 g/mol. The van der Waals surface area contributed by atoms with Crippen LogP contribution in [0.4, 0.5) is 0 Å². The molecule has 19 heavy (non-hydrogen) atoms. The van der Waals surface area contributed by atoms with Crippen molar-refractivity contribution in [2.75, 3.05) is 0 Å². The fraction of sp³-hybridized carbons (Fsp3) is 0.429. The first-order chi connectivity index (χ1) is 8.83. The van der Waals surface area contributed by atoms with Crippen LogP contribution < -0.4 is 0 Å². The topological polar surface area (TPSA) is 50.9 Å². The van der Waals surface area contributed by atoms with Crippen LogP contribution in [-0.2, 0) is 12.1 Å². The SMILES string of the molecule is CC(C)(C)C(O)(Cn1cncn1)c1ccc(Cl)cc1. The van der Waals surface area contributed by atoms with Crippen molar-refractivity contribution in [2.45, 2.75) is 32.9 Å². The zero-order valence-corrected chi connectivity index (χ0v) is 12.1. The number of nitrogens with zero attached hydrogens (tertiary/aromatic N) is 3. The van der Waals surface area contributed by atoms with Gasteiger partial charge in [0.25, 0.3) is 0 Å². The molecule has 1 unspecified atom stereocenters. The van der Waals surface area contributed by atoms with E-state index in [1.54, 1.807) is 23.1 Å². The Hall–Kier alpha value is -1.39. The molecule has 1 N–H and O–H groups in total. The third kappa shape index (κ3) is 2.80. The van der Waals surface area contributed by atoms with Crippen molar-refractivity contribution < 1.29 is 5.11 Å². The van der Waals surface area contributed by atoms with Crippen molar-refractivity contribution in [3.05, 3.63) is 47.5 Å². The number of aromatic nitrogens is 3. The van der Waals surface area contributed by atoms with E-state index in [0.29, 0.717) is 11.6 Å². The summed E-state index contributed by atoms with van der Waals surface area (Å²) >= 11 is 5.91. The summed E-state index contributed by atoms with van der Waals surface area (Å²) in [4.78, 5) is 3.92. The molecule has 2 aromatic rings. The minimum absolute atomic E-state index is 0.345. The maximum atomic E-state index is 11.2. The molecule has 0 radical (unpaired) electrons. The quantitative estimate of drug-likeness (QED) is 0.940. The molecule has 1 aromatic heterocycles. The van der Waals surface area contributed by atoms with Gasteiger partial charge in [-0.05, 0) is 23.1 Å². The van der Waals surface area contributed by atoms with E-state index >= 15 is 0 Å². The molecule has 0 saturated carbocycles. The normalized spacial score (nSPS) is 15.2. The predicted octanol–water partition coefficient (Wildman–Crippen LogP) is 2.87. The van der Waals surface area contributed by atoms with E-state index in [4.69, 9.17) is 11.6 Å². The summed E-state index contributed by atoms with van der Waals surface area (Å²) in [5.74, 6) is 0. The summed E-state index contributed by atoms with van der Waals surface area (Å²) < 4.78 is 1.64. The molecule has 1 heterocycles. The Morgan fingerprint density at radius 1 is 1.21 bits per heavy atom. The van der Waals surface area contributed by atoms with Gasteiger partial charge in [-0.2, -0.15) is 5.10 Å². The zero-order valence-electron chi connectivity index (χ0n) is 11.3. The molecule has 0 bridgehead atoms. The number of hydrogen-bond acceptors (Lipinski definition) is 3. The van der Waals surface area contributed by atoms with Gasteiger partial charge < -0.3 is 5.11 Å². The monoisotopic (exact) mass is 279 g/mol. The smallest absolute Gasteiger partial charge is 0.137 e. The summed E-state index contributed by atoms with van der Waals surface area (Å²) in [5, 5.41) is 15.9. The van der Waals surface area contributed by atoms with Crippen molar-refractivity contribution >= 4 is 11.6 Å². The van der Waals surface area contributed by atoms with Crippen LogP contribution in [0.25, 0.3) is 0 Å². The van der Waals surface area contributed by atoms with Crippen LogP contribution >= 0.6 is 11.6 Å². The van der Waals surface area contributed by atoms with Crippen LogP contribution in [0.5, 0.6) is 0 Å². The van der Waals surface area contributed by atoms with E-state index in [1.807, 2.05) is 32.9 Å². The highest BCUT2D eigenvalue weighted by atomic mass is 35.5. The lowest BCUT2D eigenvalue weighted by Crippen LogP contribution is -2.43. The molecule has 4 nitrogen and oxygen atoms in total. The van der Waals surface area contributed by atoms with E-state index < -0.39 is 5.60 Å². The van der Waals surface area contributed by atoms with Gasteiger partial charge in [0.05, 0.1) is 6.54 Å². The summed E-state index contributed by atoms with van der Waals surface area (Å²) in [5.41, 5.74) is -0.585. The lowest BCUT2D eigenvalue weighted by molar-refractivity contribution is -0.0804. The largest absolute Gasteiger partial charge is 0.383 e. The van der Waals surface area contributed by atoms with Crippen molar-refractivity contribution in [2.24, 2.45) is 5.41 Å². The Kier molecular flexibility index (Phi) is 3.65. The highest BCUT2D eigenvalue weighted by Crippen LogP contribution is 2.40. The number of halogens is 1. The molecule has 0 fully saturated rings. The minimum atomic E-state index is -1.05. The summed E-state index contributed by atoms with van der Waals surface area (Å²) in [6, 6.07) is 7.28. The van der Waals surface area contributed by atoms with E-state index in [1.165, 1.54) is 6.33 Å². The van der Waals surface area contributed by atoms with Crippen molar-refractivity contribution in [3.8, 4) is 0 Å². The molecule has 0 aliphatic carbocycles. The Bertz CT molecular complexity index is 531. The molecule has 0 aliphatic rings. The zero-order chi connectivity index (χ0) is 14.1. The van der Waals surface area contributed by atoms with E-state index in [0.717, 1.165) is 5.56 Å². The molecule has 0 aliphatic heterocycles. The molecule has 0 amide bonds. The number of benzene rings is 1. The summed E-state index contributed by atoms with van der Waals surface area (Å²) in [6.45, 7) is 6.34. The van der Waals surface area contributed by atoms with E-state index in [-0.39, 0.29) is 5.41 Å². The Morgan fingerprint density at radius 3 is 2.32 bits per heavy atom. The highest BCUT2D eigenvalue weighted by Gasteiger charge is 2.42. The van der Waals surface area contributed by atoms with Gasteiger partial charge >= 0.3 is 0 Å². The van der Waals surface area contributed by atoms with Crippen molar-refractivity contribution in [1.29, 1.82) is 0 Å². The maximum absolute atomic E-state index is 11.2. The highest BCUT2D eigenvalue weighted by molar-refractivity contribution is 6.30. The summed E-state index contributed by atoms with van der Waals surface area (Å²) in [7, 11) is 0. The van der Waals surface area contributed by atoms with Gasteiger partial charge in [0, 0.05) is 5.02 Å². The van der Waals surface area contributed by atoms with Gasteiger partial charge in [-0.1, -0.05) is 44.5 Å². The van der Waals surface area contributed by atoms with Gasteiger partial charge in [-0.15, -0.1) is 0 Å². The molecule has 102 valence electrons. The van der Waals surface area contributed by atoms with Crippen LogP contribution in [0.3, 0.4) is 0 Å². The molecule has 0 saturated heterocycles. The fourth-order valence-electron chi connectivity index (χ4n) is 2.04. The van der Waals surface area contributed by atoms with Gasteiger partial charge in [0.15, 0.2) is 0 Å². The van der Waals surface area contributed by atoms with Gasteiger partial charge in [-0.25, -0.2) is 9.67 Å². The lowest BCUT2D eigenvalue weighted by atomic mass is 9.72. The van der Waals surface area contributed by atoms with Crippen LogP contribution in [0, 0.1) is 5.41 Å². The Morgan fingerprint density at radius 2 is 1.84 bits per heavy atom. The predicted molar refractivity (Wildman–Crippen MR) is 74.8 cm³/mol. The van der Waals surface area contributed by atoms with Gasteiger partial charge in [-0.3, -0.25) is 0 Å². The van der Waals surface area contributed by atoms with Gasteiger partial charge in [0.2, 0.25) is 0 Å². The standard InChI is InChI=1S/C14H18ClN3O/c1-13(2,3)14(19,8-18-10-16-9-17-18)11-4-6-12(15)7-5-11/h4-7,9-10,19H,8H2,1-3H3. The Balaban J connectivity index is 2.43. The third-order valence-corrected chi connectivity index (χ3v) is 3.67. The lowest BCUT2D eigenvalue weighted by Gasteiger charge is -2.40. The van der Waals surface area contributed by atoms with Crippen LogP contribution in [0.1, 0.15) is 26.3 Å². The maximum Gasteiger partial charge on any atom is 0.137 e. The van der Waals surface area contributed by atoms with Crippen molar-refractivity contribution in [1.82, 2.24) is 14.8 Å². The van der Waals surface area contributed by atoms with Gasteiger partial charge in [0.1, 0.15) is 18.3 Å². The number of rotatable bonds is 3. The Labute approximate surface area is 118 Å². The van der Waals surface area contributed by atoms with Crippen LogP contribution in [0.15, 0.2) is 36.9 Å². The van der Waals surface area contributed by atoms with E-state index in [9.17, 15) is 5.11 Å². The molecular weight excluding hydrogens is 262 g/mol. The van der Waals surface area contributed by atoms with Crippen LogP contribution in [-0.4, -0.2) is 19.9 Å². The first-order valence-corrected chi connectivity index (χ1v) is 6.51. The van der Waals surface area contributed by atoms with Crippen LogP contribution in [0.2, 0.25) is 5.02 Å². The first kappa shape index (κ1) is 14.0. The minimum Gasteiger partial charge on any atom is -0.383 e. The fourth-order valence-corrected chi connectivity index (χ4v) is 2.16. The number of hydrogen-bond donors (Lipinski definition) is 1. The number of aliphatic hydroxyl groups is 1. The van der Waals surface area contributed by atoms with E-state index in [2.05, 4.69) is 10.1 Å². The second-order valence-electron chi connectivity index (χ2n) is 5.71. The van der Waals surface area contributed by atoms with Crippen molar-refractivity contribution in [3.63, 3.8) is 0 Å². The molecule has 0 spiro atoms. The molecule has 2 rings (SSSR count). The molecule has 5 heteroatoms. The second kappa shape index (κ2) is 4.94.